The smallest absolute Gasteiger partial charge is 0.334 e. The topological polar surface area (TPSA) is 57.1 Å². The van der Waals surface area contributed by atoms with Crippen LogP contribution in [0.1, 0.15) is 31.9 Å². The Morgan fingerprint density at radius 3 is 2.36 bits per heavy atom. The minimum absolute atomic E-state index is 0.133. The van der Waals surface area contributed by atoms with E-state index in [-0.39, 0.29) is 18.0 Å². The first-order valence-electron chi connectivity index (χ1n) is 9.45. The number of aliphatic imine (C=N–C) groups is 1. The Bertz CT molecular complexity index is 875. The Kier molecular flexibility index (Phi) is 5.73. The summed E-state index contributed by atoms with van der Waals surface area (Å²) in [5.41, 5.74) is 1.72. The second-order valence-electron chi connectivity index (χ2n) is 7.57. The summed E-state index contributed by atoms with van der Waals surface area (Å²) in [5, 5.41) is 0. The lowest BCUT2D eigenvalue weighted by Crippen LogP contribution is -2.49. The predicted octanol–water partition coefficient (Wildman–Crippen LogP) is 4.08. The van der Waals surface area contributed by atoms with Crippen molar-refractivity contribution < 1.29 is 19.0 Å². The van der Waals surface area contributed by atoms with Crippen molar-refractivity contribution in [3.8, 4) is 11.5 Å². The maximum Gasteiger partial charge on any atom is 0.334 e. The molecule has 2 atom stereocenters. The summed E-state index contributed by atoms with van der Waals surface area (Å²) in [4.78, 5) is 17.8. The Labute approximate surface area is 166 Å². The minimum Gasteiger partial charge on any atom is -0.493 e. The molecule has 2 aromatic carbocycles. The molecule has 1 heterocycles. The van der Waals surface area contributed by atoms with Crippen molar-refractivity contribution in [2.24, 2.45) is 10.9 Å². The zero-order valence-corrected chi connectivity index (χ0v) is 17.1. The maximum atomic E-state index is 12.9. The first-order valence-corrected chi connectivity index (χ1v) is 9.45. The summed E-state index contributed by atoms with van der Waals surface area (Å²) in [6.07, 6.45) is 0.0567. The van der Waals surface area contributed by atoms with Crippen molar-refractivity contribution in [1.82, 2.24) is 0 Å². The fourth-order valence-corrected chi connectivity index (χ4v) is 3.46. The average molecular weight is 381 g/mol. The van der Waals surface area contributed by atoms with Crippen LogP contribution < -0.4 is 9.47 Å². The molecule has 1 aliphatic rings. The summed E-state index contributed by atoms with van der Waals surface area (Å²) in [6, 6.07) is 15.6. The second kappa shape index (κ2) is 8.05. The molecule has 1 aliphatic heterocycles. The molecular weight excluding hydrogens is 354 g/mol. The van der Waals surface area contributed by atoms with Gasteiger partial charge in [0, 0.05) is 6.42 Å². The Balaban J connectivity index is 2.01. The lowest BCUT2D eigenvalue weighted by Gasteiger charge is -2.35. The molecule has 28 heavy (non-hydrogen) atoms. The van der Waals surface area contributed by atoms with Crippen LogP contribution in [0.2, 0.25) is 0 Å². The summed E-state index contributed by atoms with van der Waals surface area (Å²) < 4.78 is 16.6. The number of esters is 1. The van der Waals surface area contributed by atoms with Gasteiger partial charge in [-0.3, -0.25) is 4.99 Å². The summed E-state index contributed by atoms with van der Waals surface area (Å²) in [5.74, 6) is 1.10. The molecule has 148 valence electrons. The van der Waals surface area contributed by atoms with Gasteiger partial charge < -0.3 is 14.2 Å². The lowest BCUT2D eigenvalue weighted by atomic mass is 9.88. The largest absolute Gasteiger partial charge is 0.493 e. The molecule has 0 amide bonds. The van der Waals surface area contributed by atoms with Crippen molar-refractivity contribution >= 4 is 11.7 Å². The third-order valence-electron chi connectivity index (χ3n) is 4.98. The fraction of sp³-hybridized carbons (Fsp3) is 0.391. The maximum absolute atomic E-state index is 12.9. The van der Waals surface area contributed by atoms with Gasteiger partial charge in [0.1, 0.15) is 6.10 Å². The summed E-state index contributed by atoms with van der Waals surface area (Å²) in [7, 11) is 3.19. The van der Waals surface area contributed by atoms with E-state index in [1.54, 1.807) is 14.2 Å². The van der Waals surface area contributed by atoms with E-state index in [2.05, 4.69) is 0 Å². The van der Waals surface area contributed by atoms with Gasteiger partial charge in [0.25, 0.3) is 0 Å². The molecule has 0 radical (unpaired) electrons. The highest BCUT2D eigenvalue weighted by Crippen LogP contribution is 2.33. The third-order valence-corrected chi connectivity index (χ3v) is 4.98. The SMILES string of the molecule is COc1ccc(C[C@]2(C)N=C(c3ccccc3)[C@@H](C(C)C)OC2=O)cc1OC. The molecule has 0 fully saturated rings. The van der Waals surface area contributed by atoms with Crippen molar-refractivity contribution in [1.29, 1.82) is 0 Å². The molecule has 0 aromatic heterocycles. The van der Waals surface area contributed by atoms with E-state index >= 15 is 0 Å². The van der Waals surface area contributed by atoms with E-state index in [9.17, 15) is 4.79 Å². The zero-order chi connectivity index (χ0) is 20.3. The van der Waals surface area contributed by atoms with Gasteiger partial charge in [-0.2, -0.15) is 0 Å². The molecule has 0 bridgehead atoms. The van der Waals surface area contributed by atoms with Gasteiger partial charge in [0.05, 0.1) is 19.9 Å². The van der Waals surface area contributed by atoms with Crippen LogP contribution in [0, 0.1) is 5.92 Å². The quantitative estimate of drug-likeness (QED) is 0.708. The van der Waals surface area contributed by atoms with Crippen LogP contribution in [0.3, 0.4) is 0 Å². The van der Waals surface area contributed by atoms with Gasteiger partial charge in [-0.15, -0.1) is 0 Å². The van der Waals surface area contributed by atoms with Crippen molar-refractivity contribution in [2.75, 3.05) is 14.2 Å². The lowest BCUT2D eigenvalue weighted by molar-refractivity contribution is -0.155. The van der Waals surface area contributed by atoms with Gasteiger partial charge in [-0.05, 0) is 36.1 Å². The molecule has 0 aliphatic carbocycles. The zero-order valence-electron chi connectivity index (χ0n) is 17.1. The Morgan fingerprint density at radius 1 is 1.07 bits per heavy atom. The molecular formula is C23H27NO4. The van der Waals surface area contributed by atoms with Crippen LogP contribution in [-0.4, -0.2) is 37.5 Å². The number of methoxy groups -OCH3 is 2. The molecule has 5 nitrogen and oxygen atoms in total. The summed E-state index contributed by atoms with van der Waals surface area (Å²) >= 11 is 0. The van der Waals surface area contributed by atoms with Gasteiger partial charge in [-0.25, -0.2) is 4.79 Å². The number of carbonyl (C=O) groups is 1. The molecule has 0 saturated heterocycles. The van der Waals surface area contributed by atoms with E-state index in [0.29, 0.717) is 17.9 Å². The van der Waals surface area contributed by atoms with Crippen LogP contribution in [-0.2, 0) is 16.0 Å². The van der Waals surface area contributed by atoms with E-state index in [0.717, 1.165) is 16.8 Å². The number of hydrogen-bond acceptors (Lipinski definition) is 5. The number of nitrogens with zero attached hydrogens (tertiary/aromatic N) is 1. The van der Waals surface area contributed by atoms with Crippen molar-refractivity contribution in [2.45, 2.75) is 38.8 Å². The normalized spacial score (nSPS) is 21.9. The van der Waals surface area contributed by atoms with Crippen LogP contribution in [0.5, 0.6) is 11.5 Å². The van der Waals surface area contributed by atoms with Gasteiger partial charge in [-0.1, -0.05) is 50.2 Å². The van der Waals surface area contributed by atoms with Crippen LogP contribution in [0.25, 0.3) is 0 Å². The number of ether oxygens (including phenoxy) is 3. The second-order valence-corrected chi connectivity index (χ2v) is 7.57. The number of cyclic esters (lactones) is 1. The van der Waals surface area contributed by atoms with Crippen molar-refractivity contribution in [3.05, 3.63) is 59.7 Å². The fourth-order valence-electron chi connectivity index (χ4n) is 3.46. The molecule has 0 spiro atoms. The van der Waals surface area contributed by atoms with E-state index in [1.165, 1.54) is 0 Å². The molecule has 0 saturated carbocycles. The minimum atomic E-state index is -1.00. The van der Waals surface area contributed by atoms with Crippen LogP contribution in [0.15, 0.2) is 53.5 Å². The first kappa shape index (κ1) is 19.9. The third kappa shape index (κ3) is 3.88. The van der Waals surface area contributed by atoms with E-state index in [4.69, 9.17) is 19.2 Å². The predicted molar refractivity (Wildman–Crippen MR) is 109 cm³/mol. The number of rotatable bonds is 6. The standard InChI is InChI=1S/C23H27NO4/c1-15(2)21-20(17-9-7-6-8-10-17)24-23(3,22(25)28-21)14-16-11-12-18(26-4)19(13-16)27-5/h6-13,15,21H,14H2,1-5H3/t21-,23+/m1/s1. The first-order chi connectivity index (χ1) is 13.4. The van der Waals surface area contributed by atoms with Gasteiger partial charge >= 0.3 is 5.97 Å². The number of benzene rings is 2. The average Bonchev–Trinajstić information content (AvgIpc) is 2.70. The molecule has 0 unspecified atom stereocenters. The number of carbonyl (C=O) groups excluding carboxylic acids is 1. The highest BCUT2D eigenvalue weighted by molar-refractivity contribution is 6.08. The molecule has 0 N–H and O–H groups in total. The van der Waals surface area contributed by atoms with Crippen LogP contribution in [0.4, 0.5) is 0 Å². The van der Waals surface area contributed by atoms with Gasteiger partial charge in [0.15, 0.2) is 17.0 Å². The Hall–Kier alpha value is -2.82. The highest BCUT2D eigenvalue weighted by Gasteiger charge is 2.43. The number of hydrogen-bond donors (Lipinski definition) is 0. The monoisotopic (exact) mass is 381 g/mol. The van der Waals surface area contributed by atoms with Crippen LogP contribution >= 0.6 is 0 Å². The van der Waals surface area contributed by atoms with Gasteiger partial charge in [0.2, 0.25) is 0 Å². The van der Waals surface area contributed by atoms with E-state index in [1.807, 2.05) is 69.3 Å². The Morgan fingerprint density at radius 2 is 1.75 bits per heavy atom. The summed E-state index contributed by atoms with van der Waals surface area (Å²) in [6.45, 7) is 5.90. The molecule has 5 heteroatoms. The molecule has 2 aromatic rings. The van der Waals surface area contributed by atoms with E-state index < -0.39 is 5.54 Å². The highest BCUT2D eigenvalue weighted by atomic mass is 16.5. The van der Waals surface area contributed by atoms with Crippen molar-refractivity contribution in [3.63, 3.8) is 0 Å². The molecule has 3 rings (SSSR count).